The minimum atomic E-state index is -0.495. The molecule has 0 unspecified atom stereocenters. The molecule has 0 saturated carbocycles. The average molecular weight is 318 g/mol. The van der Waals surface area contributed by atoms with Gasteiger partial charge < -0.3 is 23.7 Å². The van der Waals surface area contributed by atoms with E-state index in [1.165, 1.54) is 33.5 Å². The summed E-state index contributed by atoms with van der Waals surface area (Å²) < 4.78 is 26.5. The van der Waals surface area contributed by atoms with Crippen molar-refractivity contribution < 1.29 is 28.5 Å². The number of methoxy groups -OCH3 is 4. The van der Waals surface area contributed by atoms with Gasteiger partial charge in [0.15, 0.2) is 23.0 Å². The van der Waals surface area contributed by atoms with Crippen LogP contribution in [0, 0.1) is 0 Å². The summed E-state index contributed by atoms with van der Waals surface area (Å²) in [5.41, 5.74) is 0.300. The number of carbonyl (C=O) groups is 1. The predicted octanol–water partition coefficient (Wildman–Crippen LogP) is 3.29. The van der Waals surface area contributed by atoms with Crippen molar-refractivity contribution in [2.75, 3.05) is 28.4 Å². The molecule has 0 bridgehead atoms. The highest BCUT2D eigenvalue weighted by molar-refractivity contribution is 5.91. The van der Waals surface area contributed by atoms with Crippen LogP contribution in [-0.4, -0.2) is 34.4 Å². The molecular formula is C17H18O6. The molecular weight excluding hydrogens is 300 g/mol. The zero-order valence-electron chi connectivity index (χ0n) is 13.4. The minimum Gasteiger partial charge on any atom is -0.493 e. The molecule has 0 aromatic heterocycles. The van der Waals surface area contributed by atoms with Crippen molar-refractivity contribution in [3.05, 3.63) is 42.0 Å². The first kappa shape index (κ1) is 16.5. The van der Waals surface area contributed by atoms with Crippen LogP contribution in [0.25, 0.3) is 0 Å². The summed E-state index contributed by atoms with van der Waals surface area (Å²) in [5, 5.41) is 0. The van der Waals surface area contributed by atoms with Crippen molar-refractivity contribution in [2.24, 2.45) is 0 Å². The van der Waals surface area contributed by atoms with Crippen LogP contribution in [0.5, 0.6) is 28.7 Å². The standard InChI is InChI=1S/C17H18O6/c1-19-12-7-5-6-8-13(12)23-16-14(20-2)9-11(17(18)22-4)10-15(16)21-3/h5-10H,1-4H3. The van der Waals surface area contributed by atoms with E-state index in [-0.39, 0.29) is 0 Å². The highest BCUT2D eigenvalue weighted by atomic mass is 16.6. The molecule has 0 aliphatic rings. The van der Waals surface area contributed by atoms with Crippen LogP contribution in [0.15, 0.2) is 36.4 Å². The predicted molar refractivity (Wildman–Crippen MR) is 84.0 cm³/mol. The van der Waals surface area contributed by atoms with E-state index >= 15 is 0 Å². The van der Waals surface area contributed by atoms with Crippen molar-refractivity contribution in [3.8, 4) is 28.7 Å². The Morgan fingerprint density at radius 3 is 1.78 bits per heavy atom. The number of hydrogen-bond donors (Lipinski definition) is 0. The van der Waals surface area contributed by atoms with Gasteiger partial charge in [-0.05, 0) is 24.3 Å². The van der Waals surface area contributed by atoms with E-state index in [1.807, 2.05) is 12.1 Å². The smallest absolute Gasteiger partial charge is 0.338 e. The van der Waals surface area contributed by atoms with Crippen LogP contribution >= 0.6 is 0 Å². The number of esters is 1. The monoisotopic (exact) mass is 318 g/mol. The van der Waals surface area contributed by atoms with E-state index in [4.69, 9.17) is 23.7 Å². The van der Waals surface area contributed by atoms with Crippen molar-refractivity contribution in [3.63, 3.8) is 0 Å². The van der Waals surface area contributed by atoms with Gasteiger partial charge in [0.25, 0.3) is 0 Å². The minimum absolute atomic E-state index is 0.300. The summed E-state index contributed by atoms with van der Waals surface area (Å²) in [5.74, 6) is 1.59. The van der Waals surface area contributed by atoms with E-state index in [0.29, 0.717) is 34.3 Å². The molecule has 0 fully saturated rings. The van der Waals surface area contributed by atoms with Crippen LogP contribution in [0.3, 0.4) is 0 Å². The van der Waals surface area contributed by atoms with E-state index in [0.717, 1.165) is 0 Å². The Balaban J connectivity index is 2.50. The lowest BCUT2D eigenvalue weighted by atomic mass is 10.2. The Bertz CT molecular complexity index is 670. The Morgan fingerprint density at radius 1 is 0.783 bits per heavy atom. The topological polar surface area (TPSA) is 63.2 Å². The summed E-state index contributed by atoms with van der Waals surface area (Å²) in [6.45, 7) is 0. The molecule has 0 heterocycles. The second-order valence-corrected chi connectivity index (χ2v) is 4.45. The molecule has 0 atom stereocenters. The maximum absolute atomic E-state index is 11.7. The Kier molecular flexibility index (Phi) is 5.30. The van der Waals surface area contributed by atoms with E-state index in [9.17, 15) is 4.79 Å². The quantitative estimate of drug-likeness (QED) is 0.762. The van der Waals surface area contributed by atoms with Crippen LogP contribution in [0.4, 0.5) is 0 Å². The molecule has 122 valence electrons. The second kappa shape index (κ2) is 7.40. The van der Waals surface area contributed by atoms with Crippen molar-refractivity contribution >= 4 is 5.97 Å². The third-order valence-electron chi connectivity index (χ3n) is 3.16. The maximum atomic E-state index is 11.7. The largest absolute Gasteiger partial charge is 0.493 e. The number of benzene rings is 2. The molecule has 6 nitrogen and oxygen atoms in total. The fraction of sp³-hybridized carbons (Fsp3) is 0.235. The van der Waals surface area contributed by atoms with Crippen LogP contribution in [0.2, 0.25) is 0 Å². The number of carbonyl (C=O) groups excluding carboxylic acids is 1. The number of rotatable bonds is 6. The van der Waals surface area contributed by atoms with Gasteiger partial charge in [0.05, 0.1) is 34.0 Å². The molecule has 0 spiro atoms. The zero-order chi connectivity index (χ0) is 16.8. The molecule has 6 heteroatoms. The molecule has 0 N–H and O–H groups in total. The SMILES string of the molecule is COC(=O)c1cc(OC)c(Oc2ccccc2OC)c(OC)c1. The first-order valence-electron chi connectivity index (χ1n) is 6.79. The molecule has 2 aromatic rings. The van der Waals surface area contributed by atoms with Gasteiger partial charge in [-0.25, -0.2) is 4.79 Å². The molecule has 0 saturated heterocycles. The second-order valence-electron chi connectivity index (χ2n) is 4.45. The maximum Gasteiger partial charge on any atom is 0.338 e. The first-order chi connectivity index (χ1) is 11.1. The summed E-state index contributed by atoms with van der Waals surface area (Å²) in [7, 11) is 5.81. The fourth-order valence-corrected chi connectivity index (χ4v) is 2.03. The van der Waals surface area contributed by atoms with E-state index in [1.54, 1.807) is 19.2 Å². The van der Waals surface area contributed by atoms with Gasteiger partial charge in [0, 0.05) is 0 Å². The zero-order valence-corrected chi connectivity index (χ0v) is 13.4. The Labute approximate surface area is 134 Å². The van der Waals surface area contributed by atoms with Crippen molar-refractivity contribution in [1.82, 2.24) is 0 Å². The molecule has 23 heavy (non-hydrogen) atoms. The number of para-hydroxylation sites is 2. The van der Waals surface area contributed by atoms with Gasteiger partial charge in [-0.1, -0.05) is 12.1 Å². The molecule has 0 aliphatic heterocycles. The van der Waals surface area contributed by atoms with Crippen LogP contribution in [0.1, 0.15) is 10.4 Å². The number of hydrogen-bond acceptors (Lipinski definition) is 6. The summed E-state index contributed by atoms with van der Waals surface area (Å²) in [6, 6.07) is 10.2. The summed E-state index contributed by atoms with van der Waals surface area (Å²) in [4.78, 5) is 11.7. The Morgan fingerprint density at radius 2 is 1.30 bits per heavy atom. The molecule has 0 radical (unpaired) electrons. The van der Waals surface area contributed by atoms with E-state index in [2.05, 4.69) is 0 Å². The Hall–Kier alpha value is -2.89. The highest BCUT2D eigenvalue weighted by Crippen LogP contribution is 2.43. The van der Waals surface area contributed by atoms with Gasteiger partial charge in [0.2, 0.25) is 5.75 Å². The summed E-state index contributed by atoms with van der Waals surface area (Å²) in [6.07, 6.45) is 0. The molecule has 2 rings (SSSR count). The van der Waals surface area contributed by atoms with Crippen LogP contribution < -0.4 is 18.9 Å². The van der Waals surface area contributed by atoms with Gasteiger partial charge in [-0.2, -0.15) is 0 Å². The average Bonchev–Trinajstić information content (AvgIpc) is 2.61. The highest BCUT2D eigenvalue weighted by Gasteiger charge is 2.19. The third kappa shape index (κ3) is 3.48. The lowest BCUT2D eigenvalue weighted by Gasteiger charge is -2.16. The molecule has 2 aromatic carbocycles. The lowest BCUT2D eigenvalue weighted by Crippen LogP contribution is -2.04. The van der Waals surface area contributed by atoms with Gasteiger partial charge in [0.1, 0.15) is 0 Å². The molecule has 0 amide bonds. The lowest BCUT2D eigenvalue weighted by molar-refractivity contribution is 0.0600. The third-order valence-corrected chi connectivity index (χ3v) is 3.16. The normalized spacial score (nSPS) is 9.91. The van der Waals surface area contributed by atoms with Crippen LogP contribution in [-0.2, 0) is 4.74 Å². The molecule has 0 aliphatic carbocycles. The van der Waals surface area contributed by atoms with E-state index < -0.39 is 5.97 Å². The number of ether oxygens (including phenoxy) is 5. The summed E-state index contributed by atoms with van der Waals surface area (Å²) >= 11 is 0. The van der Waals surface area contributed by atoms with Gasteiger partial charge >= 0.3 is 5.97 Å². The van der Waals surface area contributed by atoms with Crippen molar-refractivity contribution in [2.45, 2.75) is 0 Å². The van der Waals surface area contributed by atoms with Gasteiger partial charge in [-0.3, -0.25) is 0 Å². The first-order valence-corrected chi connectivity index (χ1v) is 6.79. The van der Waals surface area contributed by atoms with Crippen molar-refractivity contribution in [1.29, 1.82) is 0 Å². The van der Waals surface area contributed by atoms with Gasteiger partial charge in [-0.15, -0.1) is 0 Å². The fourth-order valence-electron chi connectivity index (χ4n) is 2.03.